The molecule has 1 aromatic rings. The number of aromatic nitrogens is 2. The molecule has 98 valence electrons. The monoisotopic (exact) mass is 251 g/mol. The van der Waals surface area contributed by atoms with Gasteiger partial charge in [0.1, 0.15) is 11.9 Å². The van der Waals surface area contributed by atoms with E-state index in [1.54, 1.807) is 0 Å². The fourth-order valence-electron chi connectivity index (χ4n) is 2.04. The first-order valence-corrected chi connectivity index (χ1v) is 5.96. The number of ether oxygens (including phenoxy) is 1. The van der Waals surface area contributed by atoms with Crippen molar-refractivity contribution in [2.45, 2.75) is 31.8 Å². The number of hydrogen-bond acceptors (Lipinski definition) is 5. The van der Waals surface area contributed by atoms with Crippen molar-refractivity contribution in [3.05, 3.63) is 23.8 Å². The van der Waals surface area contributed by atoms with Crippen LogP contribution >= 0.6 is 0 Å². The summed E-state index contributed by atoms with van der Waals surface area (Å²) in [6.45, 7) is 3.92. The molecule has 1 atom stereocenters. The molecule has 2 N–H and O–H groups in total. The molecule has 1 saturated heterocycles. The van der Waals surface area contributed by atoms with E-state index in [1.165, 1.54) is 12.5 Å². The molecular formula is C12H17N3O3. The molecule has 1 unspecified atom stereocenters. The van der Waals surface area contributed by atoms with Crippen LogP contribution in [0.2, 0.25) is 0 Å². The standard InChI is InChI=1S/C12H17N3O3/c1-12(3-2-4-18-7-12)15-6-10-9(11(16)17)5-13-8-14-10/h5,8,15H,2-4,6-7H2,1H3,(H,16,17). The minimum atomic E-state index is -1.00. The van der Waals surface area contributed by atoms with Gasteiger partial charge in [0, 0.05) is 24.9 Å². The molecule has 0 saturated carbocycles. The Hall–Kier alpha value is -1.53. The lowest BCUT2D eigenvalue weighted by Gasteiger charge is -2.34. The van der Waals surface area contributed by atoms with Gasteiger partial charge in [0.25, 0.3) is 0 Å². The molecule has 0 aromatic carbocycles. The van der Waals surface area contributed by atoms with E-state index < -0.39 is 5.97 Å². The van der Waals surface area contributed by atoms with E-state index in [4.69, 9.17) is 9.84 Å². The number of nitrogens with one attached hydrogen (secondary N) is 1. The summed E-state index contributed by atoms with van der Waals surface area (Å²) < 4.78 is 5.44. The summed E-state index contributed by atoms with van der Waals surface area (Å²) in [5.74, 6) is -1.00. The van der Waals surface area contributed by atoms with Crippen LogP contribution in [-0.2, 0) is 11.3 Å². The zero-order chi connectivity index (χ0) is 13.0. The first-order chi connectivity index (χ1) is 8.61. The Labute approximate surface area is 105 Å². The van der Waals surface area contributed by atoms with Crippen molar-refractivity contribution in [3.63, 3.8) is 0 Å². The lowest BCUT2D eigenvalue weighted by atomic mass is 9.95. The molecule has 0 bridgehead atoms. The summed E-state index contributed by atoms with van der Waals surface area (Å²) in [5, 5.41) is 12.4. The van der Waals surface area contributed by atoms with Crippen LogP contribution in [-0.4, -0.2) is 39.8 Å². The molecule has 0 aliphatic carbocycles. The third kappa shape index (κ3) is 3.02. The van der Waals surface area contributed by atoms with Gasteiger partial charge in [-0.1, -0.05) is 0 Å². The van der Waals surface area contributed by atoms with E-state index >= 15 is 0 Å². The highest BCUT2D eigenvalue weighted by atomic mass is 16.5. The molecule has 18 heavy (non-hydrogen) atoms. The van der Waals surface area contributed by atoms with Crippen LogP contribution < -0.4 is 5.32 Å². The van der Waals surface area contributed by atoms with Gasteiger partial charge in [0.15, 0.2) is 0 Å². The van der Waals surface area contributed by atoms with Crippen molar-refractivity contribution >= 4 is 5.97 Å². The van der Waals surface area contributed by atoms with E-state index in [0.717, 1.165) is 19.4 Å². The fourth-order valence-corrected chi connectivity index (χ4v) is 2.04. The van der Waals surface area contributed by atoms with Crippen molar-refractivity contribution < 1.29 is 14.6 Å². The van der Waals surface area contributed by atoms with Gasteiger partial charge in [-0.25, -0.2) is 14.8 Å². The van der Waals surface area contributed by atoms with Crippen LogP contribution in [0.3, 0.4) is 0 Å². The first kappa shape index (κ1) is 12.9. The normalized spacial score (nSPS) is 23.8. The van der Waals surface area contributed by atoms with Gasteiger partial charge in [0.2, 0.25) is 0 Å². The van der Waals surface area contributed by atoms with Crippen molar-refractivity contribution in [3.8, 4) is 0 Å². The predicted octanol–water partition coefficient (Wildman–Crippen LogP) is 0.833. The number of carbonyl (C=O) groups is 1. The number of aromatic carboxylic acids is 1. The maximum Gasteiger partial charge on any atom is 0.339 e. The molecule has 6 nitrogen and oxygen atoms in total. The summed E-state index contributed by atoms with van der Waals surface area (Å²) in [4.78, 5) is 18.8. The summed E-state index contributed by atoms with van der Waals surface area (Å²) >= 11 is 0. The number of carboxylic acids is 1. The smallest absolute Gasteiger partial charge is 0.339 e. The van der Waals surface area contributed by atoms with Crippen molar-refractivity contribution in [2.24, 2.45) is 0 Å². The molecule has 1 fully saturated rings. The Morgan fingerprint density at radius 3 is 3.17 bits per heavy atom. The van der Waals surface area contributed by atoms with Gasteiger partial charge in [0.05, 0.1) is 12.3 Å². The number of hydrogen-bond donors (Lipinski definition) is 2. The second kappa shape index (κ2) is 5.41. The largest absolute Gasteiger partial charge is 0.478 e. The summed E-state index contributed by atoms with van der Waals surface area (Å²) in [6.07, 6.45) is 4.72. The minimum absolute atomic E-state index is 0.112. The number of carboxylic acid groups (broad SMARTS) is 1. The van der Waals surface area contributed by atoms with Crippen LogP contribution in [0.15, 0.2) is 12.5 Å². The third-order valence-corrected chi connectivity index (χ3v) is 3.15. The van der Waals surface area contributed by atoms with Gasteiger partial charge < -0.3 is 15.2 Å². The van der Waals surface area contributed by atoms with Gasteiger partial charge >= 0.3 is 5.97 Å². The van der Waals surface area contributed by atoms with Gasteiger partial charge in [-0.05, 0) is 19.8 Å². The average Bonchev–Trinajstić information content (AvgIpc) is 2.38. The minimum Gasteiger partial charge on any atom is -0.478 e. The van der Waals surface area contributed by atoms with Crippen LogP contribution in [0.5, 0.6) is 0 Å². The third-order valence-electron chi connectivity index (χ3n) is 3.15. The van der Waals surface area contributed by atoms with Gasteiger partial charge in [-0.15, -0.1) is 0 Å². The Morgan fingerprint density at radius 1 is 1.67 bits per heavy atom. The highest BCUT2D eigenvalue weighted by molar-refractivity contribution is 5.88. The van der Waals surface area contributed by atoms with Crippen LogP contribution in [0.25, 0.3) is 0 Å². The molecule has 1 aliphatic rings. The van der Waals surface area contributed by atoms with E-state index in [-0.39, 0.29) is 11.1 Å². The number of rotatable bonds is 4. The molecule has 0 amide bonds. The SMILES string of the molecule is CC1(NCc2ncncc2C(=O)O)CCCOC1. The Kier molecular flexibility index (Phi) is 3.88. The van der Waals surface area contributed by atoms with Gasteiger partial charge in [-0.2, -0.15) is 0 Å². The predicted molar refractivity (Wildman–Crippen MR) is 64.3 cm³/mol. The summed E-state index contributed by atoms with van der Waals surface area (Å²) in [6, 6.07) is 0. The average molecular weight is 251 g/mol. The zero-order valence-electron chi connectivity index (χ0n) is 10.3. The Bertz CT molecular complexity index is 430. The second-order valence-corrected chi connectivity index (χ2v) is 4.76. The molecule has 6 heteroatoms. The maximum atomic E-state index is 11.0. The number of nitrogens with zero attached hydrogens (tertiary/aromatic N) is 2. The van der Waals surface area contributed by atoms with Crippen LogP contribution in [0.1, 0.15) is 35.8 Å². The highest BCUT2D eigenvalue weighted by Crippen LogP contribution is 2.19. The first-order valence-electron chi connectivity index (χ1n) is 5.96. The molecule has 0 spiro atoms. The Balaban J connectivity index is 2.03. The van der Waals surface area contributed by atoms with E-state index in [2.05, 4.69) is 22.2 Å². The highest BCUT2D eigenvalue weighted by Gasteiger charge is 2.27. The summed E-state index contributed by atoms with van der Waals surface area (Å²) in [5.41, 5.74) is 0.536. The van der Waals surface area contributed by atoms with Crippen molar-refractivity contribution in [1.29, 1.82) is 0 Å². The lowest BCUT2D eigenvalue weighted by Crippen LogP contribution is -2.48. The second-order valence-electron chi connectivity index (χ2n) is 4.76. The van der Waals surface area contributed by atoms with E-state index in [0.29, 0.717) is 18.8 Å². The maximum absolute atomic E-state index is 11.0. The van der Waals surface area contributed by atoms with Gasteiger partial charge in [-0.3, -0.25) is 0 Å². The summed E-state index contributed by atoms with van der Waals surface area (Å²) in [7, 11) is 0. The van der Waals surface area contributed by atoms with Crippen LogP contribution in [0.4, 0.5) is 0 Å². The molecule has 2 rings (SSSR count). The molecule has 0 radical (unpaired) electrons. The lowest BCUT2D eigenvalue weighted by molar-refractivity contribution is 0.0275. The van der Waals surface area contributed by atoms with Crippen molar-refractivity contribution in [2.75, 3.05) is 13.2 Å². The molecule has 1 aromatic heterocycles. The van der Waals surface area contributed by atoms with Crippen molar-refractivity contribution in [1.82, 2.24) is 15.3 Å². The molecular weight excluding hydrogens is 234 g/mol. The Morgan fingerprint density at radius 2 is 2.50 bits per heavy atom. The molecule has 1 aliphatic heterocycles. The van der Waals surface area contributed by atoms with E-state index in [1.807, 2.05) is 0 Å². The topological polar surface area (TPSA) is 84.3 Å². The fraction of sp³-hybridized carbons (Fsp3) is 0.583. The van der Waals surface area contributed by atoms with Crippen LogP contribution in [0, 0.1) is 0 Å². The van der Waals surface area contributed by atoms with E-state index in [9.17, 15) is 4.79 Å². The molecule has 2 heterocycles. The quantitative estimate of drug-likeness (QED) is 0.824. The zero-order valence-corrected chi connectivity index (χ0v) is 10.3.